The molecule has 1 N–H and O–H groups in total. The lowest BCUT2D eigenvalue weighted by Gasteiger charge is -2.27. The molecule has 0 spiro atoms. The lowest BCUT2D eigenvalue weighted by atomic mass is 10.1. The van der Waals surface area contributed by atoms with Gasteiger partial charge in [0, 0.05) is 25.3 Å². The van der Waals surface area contributed by atoms with Gasteiger partial charge in [0.2, 0.25) is 5.95 Å². The van der Waals surface area contributed by atoms with E-state index in [9.17, 15) is 4.79 Å². The van der Waals surface area contributed by atoms with Crippen LogP contribution in [0, 0.1) is 6.92 Å². The summed E-state index contributed by atoms with van der Waals surface area (Å²) in [5.41, 5.74) is 2.32. The molecule has 1 amide bonds. The number of para-hydroxylation sites is 1. The summed E-state index contributed by atoms with van der Waals surface area (Å²) in [5.74, 6) is 1.34. The van der Waals surface area contributed by atoms with Gasteiger partial charge in [-0.3, -0.25) is 4.79 Å². The highest BCUT2D eigenvalue weighted by molar-refractivity contribution is 5.92. The summed E-state index contributed by atoms with van der Waals surface area (Å²) in [6.45, 7) is 4.35. The van der Waals surface area contributed by atoms with E-state index in [0.717, 1.165) is 42.9 Å². The van der Waals surface area contributed by atoms with Gasteiger partial charge < -0.3 is 15.0 Å². The topological polar surface area (TPSA) is 67.3 Å². The number of aryl methyl sites for hydroxylation is 1. The summed E-state index contributed by atoms with van der Waals surface area (Å²) in [6.07, 6.45) is 4.26. The lowest BCUT2D eigenvalue weighted by Crippen LogP contribution is -2.32. The number of methoxy groups -OCH3 is 1. The summed E-state index contributed by atoms with van der Waals surface area (Å²) in [5, 5.41) is 2.95. The van der Waals surface area contributed by atoms with Gasteiger partial charge in [-0.05, 0) is 50.3 Å². The number of piperidine rings is 1. The van der Waals surface area contributed by atoms with Crippen LogP contribution in [0.3, 0.4) is 0 Å². The van der Waals surface area contributed by atoms with Crippen LogP contribution in [0.4, 0.5) is 5.95 Å². The number of nitrogens with zero attached hydrogens (tertiary/aromatic N) is 3. The number of rotatable bonds is 6. The molecular weight excluding hydrogens is 328 g/mol. The second-order valence-corrected chi connectivity index (χ2v) is 6.56. The molecule has 0 saturated carbocycles. The van der Waals surface area contributed by atoms with Crippen LogP contribution in [0.2, 0.25) is 0 Å². The number of hydrogen-bond donors (Lipinski definition) is 1. The highest BCUT2D eigenvalue weighted by Crippen LogP contribution is 2.18. The van der Waals surface area contributed by atoms with E-state index in [1.807, 2.05) is 31.2 Å². The van der Waals surface area contributed by atoms with Crippen molar-refractivity contribution in [2.45, 2.75) is 32.6 Å². The molecule has 138 valence electrons. The van der Waals surface area contributed by atoms with E-state index in [4.69, 9.17) is 4.74 Å². The van der Waals surface area contributed by atoms with Crippen molar-refractivity contribution >= 4 is 11.9 Å². The van der Waals surface area contributed by atoms with Crippen molar-refractivity contribution in [1.29, 1.82) is 0 Å². The van der Waals surface area contributed by atoms with E-state index in [1.54, 1.807) is 13.2 Å². The third-order valence-electron chi connectivity index (χ3n) is 4.59. The predicted octanol–water partition coefficient (Wildman–Crippen LogP) is 2.76. The predicted molar refractivity (Wildman–Crippen MR) is 102 cm³/mol. The fourth-order valence-corrected chi connectivity index (χ4v) is 3.22. The van der Waals surface area contributed by atoms with Crippen molar-refractivity contribution in [2.24, 2.45) is 0 Å². The third-order valence-corrected chi connectivity index (χ3v) is 4.59. The molecule has 0 radical (unpaired) electrons. The number of hydrogen-bond acceptors (Lipinski definition) is 5. The van der Waals surface area contributed by atoms with Crippen LogP contribution in [0.15, 0.2) is 30.3 Å². The van der Waals surface area contributed by atoms with Gasteiger partial charge in [0.25, 0.3) is 5.91 Å². The zero-order valence-corrected chi connectivity index (χ0v) is 15.5. The first-order valence-electron chi connectivity index (χ1n) is 9.18. The van der Waals surface area contributed by atoms with Crippen molar-refractivity contribution in [2.75, 3.05) is 31.6 Å². The number of anilines is 1. The molecule has 3 rings (SSSR count). The summed E-state index contributed by atoms with van der Waals surface area (Å²) >= 11 is 0. The highest BCUT2D eigenvalue weighted by Gasteiger charge is 2.17. The molecule has 1 fully saturated rings. The molecular formula is C20H26N4O2. The maximum atomic E-state index is 12.5. The molecule has 26 heavy (non-hydrogen) atoms. The van der Waals surface area contributed by atoms with Crippen LogP contribution in [-0.4, -0.2) is 42.6 Å². The standard InChI is InChI=1S/C20H26N4O2/c1-15-14-17(23-20(22-15)24-12-6-3-7-13-24)19(25)21-11-10-16-8-4-5-9-18(16)26-2/h4-5,8-9,14H,3,6-7,10-13H2,1-2H3,(H,21,25). The fourth-order valence-electron chi connectivity index (χ4n) is 3.22. The molecule has 0 bridgehead atoms. The van der Waals surface area contributed by atoms with E-state index < -0.39 is 0 Å². The van der Waals surface area contributed by atoms with Crippen molar-refractivity contribution in [3.05, 3.63) is 47.3 Å². The van der Waals surface area contributed by atoms with Crippen LogP contribution >= 0.6 is 0 Å². The molecule has 0 atom stereocenters. The van der Waals surface area contributed by atoms with Crippen molar-refractivity contribution in [3.63, 3.8) is 0 Å². The van der Waals surface area contributed by atoms with Gasteiger partial charge in [-0.1, -0.05) is 18.2 Å². The number of carbonyl (C=O) groups is 1. The average molecular weight is 354 g/mol. The monoisotopic (exact) mass is 354 g/mol. The first-order chi connectivity index (χ1) is 12.7. The first-order valence-corrected chi connectivity index (χ1v) is 9.18. The third kappa shape index (κ3) is 4.50. The molecule has 1 aliphatic rings. The molecule has 0 aliphatic carbocycles. The van der Waals surface area contributed by atoms with Crippen LogP contribution in [0.5, 0.6) is 5.75 Å². The van der Waals surface area contributed by atoms with E-state index in [2.05, 4.69) is 20.2 Å². The fraction of sp³-hybridized carbons (Fsp3) is 0.450. The molecule has 1 saturated heterocycles. The molecule has 0 unspecified atom stereocenters. The van der Waals surface area contributed by atoms with Gasteiger partial charge in [0.1, 0.15) is 11.4 Å². The zero-order valence-electron chi connectivity index (χ0n) is 15.5. The minimum absolute atomic E-state index is 0.163. The van der Waals surface area contributed by atoms with E-state index >= 15 is 0 Å². The Morgan fingerprint density at radius 2 is 1.96 bits per heavy atom. The summed E-state index contributed by atoms with van der Waals surface area (Å²) < 4.78 is 5.35. The normalized spacial score (nSPS) is 14.2. The van der Waals surface area contributed by atoms with Crippen molar-refractivity contribution < 1.29 is 9.53 Å². The molecule has 1 aromatic heterocycles. The number of benzene rings is 1. The minimum Gasteiger partial charge on any atom is -0.496 e. The highest BCUT2D eigenvalue weighted by atomic mass is 16.5. The van der Waals surface area contributed by atoms with Crippen molar-refractivity contribution in [1.82, 2.24) is 15.3 Å². The Bertz CT molecular complexity index is 757. The number of aromatic nitrogens is 2. The second-order valence-electron chi connectivity index (χ2n) is 6.56. The molecule has 2 heterocycles. The number of ether oxygens (including phenoxy) is 1. The Morgan fingerprint density at radius 1 is 1.19 bits per heavy atom. The molecule has 6 heteroatoms. The van der Waals surface area contributed by atoms with E-state index in [0.29, 0.717) is 24.6 Å². The number of nitrogens with one attached hydrogen (secondary N) is 1. The van der Waals surface area contributed by atoms with Gasteiger partial charge in [-0.2, -0.15) is 0 Å². The number of carbonyl (C=O) groups excluding carboxylic acids is 1. The van der Waals surface area contributed by atoms with Gasteiger partial charge in [-0.15, -0.1) is 0 Å². The summed E-state index contributed by atoms with van der Waals surface area (Å²) in [6, 6.07) is 9.58. The van der Waals surface area contributed by atoms with Gasteiger partial charge >= 0.3 is 0 Å². The zero-order chi connectivity index (χ0) is 18.4. The van der Waals surface area contributed by atoms with Gasteiger partial charge in [0.15, 0.2) is 0 Å². The van der Waals surface area contributed by atoms with Crippen LogP contribution in [0.25, 0.3) is 0 Å². The van der Waals surface area contributed by atoms with Crippen LogP contribution in [0.1, 0.15) is 41.0 Å². The first kappa shape index (κ1) is 18.2. The largest absolute Gasteiger partial charge is 0.496 e. The molecule has 1 aromatic carbocycles. The van der Waals surface area contributed by atoms with Gasteiger partial charge in [0.05, 0.1) is 7.11 Å². The molecule has 2 aromatic rings. The van der Waals surface area contributed by atoms with Gasteiger partial charge in [-0.25, -0.2) is 9.97 Å². The quantitative estimate of drug-likeness (QED) is 0.864. The Hall–Kier alpha value is -2.63. The van der Waals surface area contributed by atoms with E-state index in [1.165, 1.54) is 6.42 Å². The lowest BCUT2D eigenvalue weighted by molar-refractivity contribution is 0.0949. The Labute approximate surface area is 154 Å². The van der Waals surface area contributed by atoms with Crippen LogP contribution in [-0.2, 0) is 6.42 Å². The van der Waals surface area contributed by atoms with E-state index in [-0.39, 0.29) is 5.91 Å². The summed E-state index contributed by atoms with van der Waals surface area (Å²) in [7, 11) is 1.66. The van der Waals surface area contributed by atoms with Crippen molar-refractivity contribution in [3.8, 4) is 5.75 Å². The average Bonchev–Trinajstić information content (AvgIpc) is 2.68. The smallest absolute Gasteiger partial charge is 0.270 e. The Morgan fingerprint density at radius 3 is 2.73 bits per heavy atom. The maximum Gasteiger partial charge on any atom is 0.270 e. The minimum atomic E-state index is -0.163. The molecule has 1 aliphatic heterocycles. The number of amides is 1. The summed E-state index contributed by atoms with van der Waals surface area (Å²) in [4.78, 5) is 23.7. The SMILES string of the molecule is COc1ccccc1CCNC(=O)c1cc(C)nc(N2CCCCC2)n1. The Balaban J connectivity index is 1.63. The Kier molecular flexibility index (Phi) is 6.04. The molecule has 6 nitrogen and oxygen atoms in total. The second kappa shape index (κ2) is 8.65. The maximum absolute atomic E-state index is 12.5. The van der Waals surface area contributed by atoms with Crippen LogP contribution < -0.4 is 15.0 Å².